The van der Waals surface area contributed by atoms with Gasteiger partial charge in [0.1, 0.15) is 0 Å². The van der Waals surface area contributed by atoms with Gasteiger partial charge in [0, 0.05) is 5.41 Å². The summed E-state index contributed by atoms with van der Waals surface area (Å²) in [6.07, 6.45) is 2.46. The molecule has 120 valence electrons. The van der Waals surface area contributed by atoms with Gasteiger partial charge in [-0.2, -0.15) is 0 Å². The van der Waals surface area contributed by atoms with Gasteiger partial charge >= 0.3 is 0 Å². The van der Waals surface area contributed by atoms with Crippen molar-refractivity contribution >= 4 is 0 Å². The van der Waals surface area contributed by atoms with Crippen LogP contribution in [0.5, 0.6) is 0 Å². The highest BCUT2D eigenvalue weighted by atomic mass is 14.7. The first-order valence-electron chi connectivity index (χ1n) is 8.95. The molecule has 0 nitrogen and oxygen atoms in total. The molecule has 2 aliphatic carbocycles. The summed E-state index contributed by atoms with van der Waals surface area (Å²) in [6, 6.07) is 13.9. The van der Waals surface area contributed by atoms with Crippen molar-refractivity contribution in [2.75, 3.05) is 0 Å². The number of hydrogen-bond acceptors (Lipinski definition) is 0. The second-order valence-electron chi connectivity index (χ2n) is 8.74. The molecule has 1 unspecified atom stereocenters. The van der Waals surface area contributed by atoms with Gasteiger partial charge in [-0.25, -0.2) is 0 Å². The van der Waals surface area contributed by atoms with E-state index < -0.39 is 0 Å². The van der Waals surface area contributed by atoms with Crippen LogP contribution in [-0.2, 0) is 17.3 Å². The van der Waals surface area contributed by atoms with Crippen molar-refractivity contribution in [1.82, 2.24) is 0 Å². The molecule has 0 bridgehead atoms. The van der Waals surface area contributed by atoms with Crippen LogP contribution < -0.4 is 0 Å². The van der Waals surface area contributed by atoms with Gasteiger partial charge < -0.3 is 0 Å². The first kappa shape index (κ1) is 15.0. The van der Waals surface area contributed by atoms with Gasteiger partial charge in [-0.1, -0.05) is 64.1 Å². The second kappa shape index (κ2) is 4.29. The minimum Gasteiger partial charge on any atom is -0.0620 e. The summed E-state index contributed by atoms with van der Waals surface area (Å²) in [5.41, 5.74) is 9.82. The van der Waals surface area contributed by atoms with Gasteiger partial charge in [-0.3, -0.25) is 0 Å². The Bertz CT molecular complexity index is 807. The molecule has 0 saturated heterocycles. The van der Waals surface area contributed by atoms with Crippen molar-refractivity contribution in [3.8, 4) is 0 Å². The van der Waals surface area contributed by atoms with Gasteiger partial charge in [-0.15, -0.1) is 0 Å². The van der Waals surface area contributed by atoms with E-state index in [1.165, 1.54) is 24.0 Å². The van der Waals surface area contributed by atoms with Crippen molar-refractivity contribution < 1.29 is 0 Å². The quantitative estimate of drug-likeness (QED) is 0.572. The summed E-state index contributed by atoms with van der Waals surface area (Å²) in [5, 5.41) is 0. The molecule has 1 atom stereocenters. The summed E-state index contributed by atoms with van der Waals surface area (Å²) in [5.74, 6) is 0. The summed E-state index contributed by atoms with van der Waals surface area (Å²) < 4.78 is 0. The Morgan fingerprint density at radius 2 is 1.52 bits per heavy atom. The third-order valence-corrected chi connectivity index (χ3v) is 7.70. The molecule has 23 heavy (non-hydrogen) atoms. The van der Waals surface area contributed by atoms with Crippen LogP contribution in [0.15, 0.2) is 36.4 Å². The summed E-state index contributed by atoms with van der Waals surface area (Å²) in [6.45, 7) is 14.5. The largest absolute Gasteiger partial charge is 0.0620 e. The Kier molecular flexibility index (Phi) is 2.80. The summed E-state index contributed by atoms with van der Waals surface area (Å²) in [7, 11) is 0. The van der Waals surface area contributed by atoms with Gasteiger partial charge in [0.25, 0.3) is 0 Å². The lowest BCUT2D eigenvalue weighted by Gasteiger charge is -2.47. The van der Waals surface area contributed by atoms with Crippen LogP contribution in [0.25, 0.3) is 0 Å². The van der Waals surface area contributed by atoms with Crippen molar-refractivity contribution in [1.29, 1.82) is 0 Å². The molecule has 0 aromatic heterocycles. The number of rotatable bonds is 0. The lowest BCUT2D eigenvalue weighted by Crippen LogP contribution is -2.45. The van der Waals surface area contributed by atoms with E-state index in [0.717, 1.165) is 0 Å². The van der Waals surface area contributed by atoms with E-state index in [1.54, 1.807) is 22.3 Å². The zero-order valence-corrected chi connectivity index (χ0v) is 15.4. The van der Waals surface area contributed by atoms with Crippen LogP contribution in [0.2, 0.25) is 0 Å². The number of hydrogen-bond donors (Lipinski definition) is 0. The van der Waals surface area contributed by atoms with Crippen LogP contribution in [0.4, 0.5) is 0 Å². The zero-order valence-electron chi connectivity index (χ0n) is 15.4. The first-order valence-corrected chi connectivity index (χ1v) is 8.95. The molecule has 0 saturated carbocycles. The number of aryl methyl sites for hydroxylation is 2. The summed E-state index contributed by atoms with van der Waals surface area (Å²) in [4.78, 5) is 0. The molecule has 0 aliphatic heterocycles. The van der Waals surface area contributed by atoms with Gasteiger partial charge in [0.2, 0.25) is 0 Å². The Labute approximate surface area is 140 Å². The highest BCUT2D eigenvalue weighted by Gasteiger charge is 2.63. The third kappa shape index (κ3) is 1.48. The maximum atomic E-state index is 2.50. The van der Waals surface area contributed by atoms with E-state index >= 15 is 0 Å². The molecule has 2 aromatic carbocycles. The minimum absolute atomic E-state index is 0.168. The first-order chi connectivity index (χ1) is 10.7. The Hall–Kier alpha value is -1.56. The van der Waals surface area contributed by atoms with Crippen LogP contribution in [-0.4, -0.2) is 0 Å². The summed E-state index contributed by atoms with van der Waals surface area (Å²) >= 11 is 0. The van der Waals surface area contributed by atoms with Crippen molar-refractivity contribution in [2.45, 2.75) is 65.2 Å². The van der Waals surface area contributed by atoms with Gasteiger partial charge in [0.05, 0.1) is 0 Å². The molecular formula is C23H28. The Balaban J connectivity index is 2.14. The van der Waals surface area contributed by atoms with E-state index in [4.69, 9.17) is 0 Å². The molecular weight excluding hydrogens is 276 g/mol. The maximum Gasteiger partial charge on any atom is 0.0271 e. The van der Waals surface area contributed by atoms with Crippen LogP contribution in [0.3, 0.4) is 0 Å². The zero-order chi connectivity index (χ0) is 16.6. The fourth-order valence-corrected chi connectivity index (χ4v) is 5.70. The monoisotopic (exact) mass is 304 g/mol. The molecule has 2 aliphatic rings. The van der Waals surface area contributed by atoms with Crippen molar-refractivity contribution in [3.05, 3.63) is 69.8 Å². The molecule has 1 spiro atoms. The Morgan fingerprint density at radius 1 is 0.826 bits per heavy atom. The predicted molar refractivity (Wildman–Crippen MR) is 98.3 cm³/mol. The highest BCUT2D eigenvalue weighted by Crippen LogP contribution is 2.68. The number of fused-ring (bicyclic) bond motifs is 4. The molecule has 0 fully saturated rings. The molecule has 0 amide bonds. The van der Waals surface area contributed by atoms with Gasteiger partial charge in [-0.05, 0) is 70.9 Å². The van der Waals surface area contributed by atoms with Crippen molar-refractivity contribution in [3.63, 3.8) is 0 Å². The normalized spacial score (nSPS) is 26.3. The molecule has 2 aromatic rings. The fourth-order valence-electron chi connectivity index (χ4n) is 5.70. The molecule has 0 N–H and O–H groups in total. The average Bonchev–Trinajstić information content (AvgIpc) is 2.95. The topological polar surface area (TPSA) is 0 Å². The van der Waals surface area contributed by atoms with E-state index in [0.29, 0.717) is 0 Å². The lowest BCUT2D eigenvalue weighted by molar-refractivity contribution is 0.127. The predicted octanol–water partition coefficient (Wildman–Crippen LogP) is 5.85. The van der Waals surface area contributed by atoms with E-state index in [9.17, 15) is 0 Å². The minimum atomic E-state index is 0.168. The van der Waals surface area contributed by atoms with Crippen LogP contribution >= 0.6 is 0 Å². The SMILES string of the molecule is Cc1ccc2c(c1C)C(C)(C)C(C)(C)C21CCc2ccccc21. The fraction of sp³-hybridized carbons (Fsp3) is 0.478. The molecule has 0 radical (unpaired) electrons. The standard InChI is InChI=1S/C23H28/c1-15-11-12-19-20(16(15)2)21(3,4)22(5,6)23(19)14-13-17-9-7-8-10-18(17)23/h7-12H,13-14H2,1-6H3. The Morgan fingerprint density at radius 3 is 2.26 bits per heavy atom. The van der Waals surface area contributed by atoms with E-state index in [2.05, 4.69) is 77.9 Å². The van der Waals surface area contributed by atoms with Crippen molar-refractivity contribution in [2.24, 2.45) is 5.41 Å². The van der Waals surface area contributed by atoms with Gasteiger partial charge in [0.15, 0.2) is 0 Å². The third-order valence-electron chi connectivity index (χ3n) is 7.70. The molecule has 0 heteroatoms. The molecule has 4 rings (SSSR count). The highest BCUT2D eigenvalue weighted by molar-refractivity contribution is 5.62. The number of benzene rings is 2. The van der Waals surface area contributed by atoms with Crippen LogP contribution in [0, 0.1) is 19.3 Å². The maximum absolute atomic E-state index is 2.50. The van der Waals surface area contributed by atoms with Crippen LogP contribution in [0.1, 0.15) is 67.5 Å². The second-order valence-corrected chi connectivity index (χ2v) is 8.74. The lowest BCUT2D eigenvalue weighted by atomic mass is 9.55. The molecule has 0 heterocycles. The van der Waals surface area contributed by atoms with E-state index in [1.807, 2.05) is 0 Å². The smallest absolute Gasteiger partial charge is 0.0271 e. The average molecular weight is 304 g/mol. The van der Waals surface area contributed by atoms with E-state index in [-0.39, 0.29) is 16.2 Å².